The average Bonchev–Trinajstić information content (AvgIpc) is 2.85. The normalized spacial score (nSPS) is 37.0. The SMILES string of the molecule is O=C(O)C1(C2(O)CCCSC2)CC1. The van der Waals surface area contributed by atoms with E-state index in [1.54, 1.807) is 11.8 Å². The second-order valence-corrected chi connectivity index (χ2v) is 5.18. The molecule has 1 unspecified atom stereocenters. The molecule has 3 nitrogen and oxygen atoms in total. The van der Waals surface area contributed by atoms with Crippen LogP contribution in [0.15, 0.2) is 0 Å². The fraction of sp³-hybridized carbons (Fsp3) is 0.889. The Balaban J connectivity index is 2.17. The van der Waals surface area contributed by atoms with Crippen LogP contribution in [0.2, 0.25) is 0 Å². The van der Waals surface area contributed by atoms with Gasteiger partial charge in [-0.2, -0.15) is 11.8 Å². The molecule has 4 heteroatoms. The van der Waals surface area contributed by atoms with Gasteiger partial charge in [-0.25, -0.2) is 0 Å². The van der Waals surface area contributed by atoms with Crippen LogP contribution >= 0.6 is 11.8 Å². The van der Waals surface area contributed by atoms with Gasteiger partial charge in [0, 0.05) is 5.75 Å². The molecule has 1 saturated heterocycles. The van der Waals surface area contributed by atoms with E-state index in [9.17, 15) is 9.90 Å². The first-order chi connectivity index (χ1) is 6.11. The Bertz CT molecular complexity index is 229. The van der Waals surface area contributed by atoms with E-state index in [1.165, 1.54) is 0 Å². The number of thioether (sulfide) groups is 1. The monoisotopic (exact) mass is 202 g/mol. The number of carboxylic acids is 1. The second-order valence-electron chi connectivity index (χ2n) is 4.07. The Morgan fingerprint density at radius 3 is 2.38 bits per heavy atom. The molecule has 0 radical (unpaired) electrons. The molecule has 0 aromatic rings. The first kappa shape index (κ1) is 9.34. The van der Waals surface area contributed by atoms with Crippen molar-refractivity contribution in [1.82, 2.24) is 0 Å². The van der Waals surface area contributed by atoms with E-state index < -0.39 is 17.0 Å². The highest BCUT2D eigenvalue weighted by molar-refractivity contribution is 7.99. The van der Waals surface area contributed by atoms with Gasteiger partial charge in [0.25, 0.3) is 0 Å². The van der Waals surface area contributed by atoms with Crippen LogP contribution in [0.1, 0.15) is 25.7 Å². The molecular formula is C9H14O3S. The van der Waals surface area contributed by atoms with Crippen LogP contribution in [-0.4, -0.2) is 33.3 Å². The van der Waals surface area contributed by atoms with E-state index >= 15 is 0 Å². The Labute approximate surface area is 81.5 Å². The summed E-state index contributed by atoms with van der Waals surface area (Å²) >= 11 is 1.67. The van der Waals surface area contributed by atoms with E-state index in [4.69, 9.17) is 5.11 Å². The predicted molar refractivity (Wildman–Crippen MR) is 50.8 cm³/mol. The van der Waals surface area contributed by atoms with Gasteiger partial charge in [0.1, 0.15) is 0 Å². The molecule has 2 fully saturated rings. The largest absolute Gasteiger partial charge is 0.481 e. The van der Waals surface area contributed by atoms with E-state index in [-0.39, 0.29) is 0 Å². The van der Waals surface area contributed by atoms with Gasteiger partial charge in [-0.05, 0) is 31.4 Å². The van der Waals surface area contributed by atoms with Gasteiger partial charge in [-0.15, -0.1) is 0 Å². The summed E-state index contributed by atoms with van der Waals surface area (Å²) in [4.78, 5) is 11.0. The second kappa shape index (κ2) is 2.89. The summed E-state index contributed by atoms with van der Waals surface area (Å²) in [6.45, 7) is 0. The number of aliphatic hydroxyl groups is 1. The standard InChI is InChI=1S/C9H14O3S/c10-7(11)8(3-4-8)9(12)2-1-5-13-6-9/h12H,1-6H2,(H,10,11). The molecule has 74 valence electrons. The maximum Gasteiger partial charge on any atom is 0.312 e. The molecule has 1 aliphatic carbocycles. The molecule has 2 aliphatic rings. The van der Waals surface area contributed by atoms with Crippen molar-refractivity contribution in [2.75, 3.05) is 11.5 Å². The number of rotatable bonds is 2. The number of carbonyl (C=O) groups is 1. The van der Waals surface area contributed by atoms with Crippen molar-refractivity contribution in [3.63, 3.8) is 0 Å². The lowest BCUT2D eigenvalue weighted by Crippen LogP contribution is -2.48. The third-order valence-electron chi connectivity index (χ3n) is 3.27. The van der Waals surface area contributed by atoms with Crippen molar-refractivity contribution in [3.05, 3.63) is 0 Å². The molecule has 0 aromatic carbocycles. The summed E-state index contributed by atoms with van der Waals surface area (Å²) in [5, 5.41) is 19.3. The van der Waals surface area contributed by atoms with Crippen LogP contribution in [0, 0.1) is 5.41 Å². The van der Waals surface area contributed by atoms with Crippen LogP contribution in [0.5, 0.6) is 0 Å². The van der Waals surface area contributed by atoms with Crippen molar-refractivity contribution in [3.8, 4) is 0 Å². The summed E-state index contributed by atoms with van der Waals surface area (Å²) in [6, 6.07) is 0. The quantitative estimate of drug-likeness (QED) is 0.704. The minimum atomic E-state index is -0.929. The van der Waals surface area contributed by atoms with Crippen molar-refractivity contribution in [2.45, 2.75) is 31.3 Å². The highest BCUT2D eigenvalue weighted by atomic mass is 32.2. The zero-order valence-electron chi connectivity index (χ0n) is 7.45. The highest BCUT2D eigenvalue weighted by Crippen LogP contribution is 2.57. The number of hydrogen-bond donors (Lipinski definition) is 2. The van der Waals surface area contributed by atoms with Gasteiger partial charge in [0.2, 0.25) is 0 Å². The Kier molecular flexibility index (Phi) is 2.07. The molecule has 0 aromatic heterocycles. The molecule has 2 N–H and O–H groups in total. The Hall–Kier alpha value is -0.220. The fourth-order valence-electron chi connectivity index (χ4n) is 2.16. The molecule has 0 bridgehead atoms. The van der Waals surface area contributed by atoms with Crippen LogP contribution < -0.4 is 0 Å². The maximum atomic E-state index is 11.0. The lowest BCUT2D eigenvalue weighted by Gasteiger charge is -2.36. The molecule has 13 heavy (non-hydrogen) atoms. The first-order valence-electron chi connectivity index (χ1n) is 4.64. The van der Waals surface area contributed by atoms with Crippen LogP contribution in [0.3, 0.4) is 0 Å². The van der Waals surface area contributed by atoms with Gasteiger partial charge >= 0.3 is 5.97 Å². The Morgan fingerprint density at radius 2 is 2.00 bits per heavy atom. The molecule has 0 spiro atoms. The van der Waals surface area contributed by atoms with Gasteiger partial charge in [0.15, 0.2) is 0 Å². The molecule has 1 saturated carbocycles. The summed E-state index contributed by atoms with van der Waals surface area (Å²) in [6.07, 6.45) is 2.90. The van der Waals surface area contributed by atoms with Crippen molar-refractivity contribution in [1.29, 1.82) is 0 Å². The Morgan fingerprint density at radius 1 is 1.31 bits per heavy atom. The summed E-state index contributed by atoms with van der Waals surface area (Å²) < 4.78 is 0. The molecule has 0 amide bonds. The third kappa shape index (κ3) is 1.27. The fourth-order valence-corrected chi connectivity index (χ4v) is 3.41. The van der Waals surface area contributed by atoms with Gasteiger partial charge < -0.3 is 10.2 Å². The smallest absolute Gasteiger partial charge is 0.312 e. The lowest BCUT2D eigenvalue weighted by molar-refractivity contribution is -0.154. The molecule has 2 rings (SSSR count). The van der Waals surface area contributed by atoms with E-state index in [1.807, 2.05) is 0 Å². The van der Waals surface area contributed by atoms with Crippen LogP contribution in [0.25, 0.3) is 0 Å². The highest BCUT2D eigenvalue weighted by Gasteiger charge is 2.64. The van der Waals surface area contributed by atoms with Gasteiger partial charge in [-0.1, -0.05) is 0 Å². The average molecular weight is 202 g/mol. The molecule has 1 heterocycles. The minimum absolute atomic E-state index is 0.597. The predicted octanol–water partition coefficient (Wildman–Crippen LogP) is 1.11. The lowest BCUT2D eigenvalue weighted by atomic mass is 9.82. The summed E-state index contributed by atoms with van der Waals surface area (Å²) in [5.74, 6) is 0.842. The number of hydrogen-bond acceptors (Lipinski definition) is 3. The van der Waals surface area contributed by atoms with Crippen molar-refractivity contribution < 1.29 is 15.0 Å². The topological polar surface area (TPSA) is 57.5 Å². The van der Waals surface area contributed by atoms with E-state index in [2.05, 4.69) is 0 Å². The first-order valence-corrected chi connectivity index (χ1v) is 5.80. The third-order valence-corrected chi connectivity index (χ3v) is 4.53. The van der Waals surface area contributed by atoms with Gasteiger partial charge in [0.05, 0.1) is 11.0 Å². The summed E-state index contributed by atoms with van der Waals surface area (Å²) in [5.41, 5.74) is -1.72. The van der Waals surface area contributed by atoms with Gasteiger partial charge in [-0.3, -0.25) is 4.79 Å². The van der Waals surface area contributed by atoms with E-state index in [0.717, 1.165) is 12.2 Å². The van der Waals surface area contributed by atoms with Crippen molar-refractivity contribution in [2.24, 2.45) is 5.41 Å². The summed E-state index contributed by atoms with van der Waals surface area (Å²) in [7, 11) is 0. The van der Waals surface area contributed by atoms with Crippen molar-refractivity contribution >= 4 is 17.7 Å². The number of carboxylic acid groups (broad SMARTS) is 1. The number of aliphatic carboxylic acids is 1. The molecular weight excluding hydrogens is 188 g/mol. The zero-order chi connectivity index (χ0) is 9.53. The van der Waals surface area contributed by atoms with Crippen LogP contribution in [-0.2, 0) is 4.79 Å². The minimum Gasteiger partial charge on any atom is -0.481 e. The molecule has 1 aliphatic heterocycles. The zero-order valence-corrected chi connectivity index (χ0v) is 8.27. The maximum absolute atomic E-state index is 11.0. The molecule has 1 atom stereocenters. The van der Waals surface area contributed by atoms with Crippen LogP contribution in [0.4, 0.5) is 0 Å². The van der Waals surface area contributed by atoms with E-state index in [0.29, 0.717) is 25.0 Å².